The molecule has 7 heteroatoms. The maximum Gasteiger partial charge on any atom is 0.336 e. The average molecular weight is 536 g/mol. The number of aromatic hydroxyl groups is 1. The molecular formula is C32H38FNO5. The lowest BCUT2D eigenvalue weighted by atomic mass is 9.70. The fraction of sp³-hybridized carbons (Fsp3) is 0.438. The SMILES string of the molecule is CCOC(=O)C1=C(COC(C)(C)C)NC2=C(C(=O)CC(c3c(C)cc(C)cc3C)C2)C1c1cc(O)ccc1F. The second-order valence-electron chi connectivity index (χ2n) is 11.5. The standard InChI is InChI=1S/C32H38FNO5/c1-8-38-31(37)30-25(16-39-32(5,6)7)34-24-13-20(27-18(3)11-17(2)12-19(27)4)14-26(36)29(24)28(30)22-15-21(35)9-10-23(22)33/h9-12,15,20,28,34-35H,8,13-14,16H2,1-7H3. The van der Waals surface area contributed by atoms with Crippen molar-refractivity contribution in [2.24, 2.45) is 0 Å². The number of ketones is 1. The quantitative estimate of drug-likeness (QED) is 0.430. The van der Waals surface area contributed by atoms with Crippen molar-refractivity contribution in [3.8, 4) is 5.75 Å². The van der Waals surface area contributed by atoms with Crippen molar-refractivity contribution in [2.75, 3.05) is 13.2 Å². The zero-order valence-electron chi connectivity index (χ0n) is 23.8. The monoisotopic (exact) mass is 535 g/mol. The summed E-state index contributed by atoms with van der Waals surface area (Å²) in [4.78, 5) is 27.3. The van der Waals surface area contributed by atoms with Crippen LogP contribution in [0.15, 0.2) is 52.9 Å². The molecule has 0 spiro atoms. The van der Waals surface area contributed by atoms with Crippen LogP contribution in [0.1, 0.15) is 80.2 Å². The molecule has 39 heavy (non-hydrogen) atoms. The number of phenolic OH excluding ortho intramolecular Hbond substituents is 1. The molecule has 0 radical (unpaired) electrons. The summed E-state index contributed by atoms with van der Waals surface area (Å²) in [5.74, 6) is -2.72. The van der Waals surface area contributed by atoms with Crippen LogP contribution in [0.4, 0.5) is 4.39 Å². The van der Waals surface area contributed by atoms with Crippen molar-refractivity contribution in [2.45, 2.75) is 78.7 Å². The number of hydrogen-bond acceptors (Lipinski definition) is 6. The van der Waals surface area contributed by atoms with Crippen LogP contribution in [0, 0.1) is 26.6 Å². The number of dihydropyridines is 1. The molecule has 0 fully saturated rings. The predicted octanol–water partition coefficient (Wildman–Crippen LogP) is 6.18. The third-order valence-electron chi connectivity index (χ3n) is 7.29. The molecule has 1 aliphatic heterocycles. The van der Waals surface area contributed by atoms with E-state index in [1.54, 1.807) is 6.92 Å². The molecule has 2 aliphatic rings. The topological polar surface area (TPSA) is 84.9 Å². The Morgan fingerprint density at radius 2 is 1.77 bits per heavy atom. The molecule has 0 aromatic heterocycles. The molecule has 1 heterocycles. The summed E-state index contributed by atoms with van der Waals surface area (Å²) < 4.78 is 26.8. The van der Waals surface area contributed by atoms with Crippen LogP contribution in [0.5, 0.6) is 5.75 Å². The smallest absolute Gasteiger partial charge is 0.336 e. The van der Waals surface area contributed by atoms with Gasteiger partial charge in [0.15, 0.2) is 5.78 Å². The Labute approximate surface area is 229 Å². The number of rotatable bonds is 6. The summed E-state index contributed by atoms with van der Waals surface area (Å²) in [7, 11) is 0. The number of carbonyl (C=O) groups is 2. The Morgan fingerprint density at radius 1 is 1.10 bits per heavy atom. The van der Waals surface area contributed by atoms with E-state index in [0.717, 1.165) is 28.3 Å². The van der Waals surface area contributed by atoms with Gasteiger partial charge in [0.25, 0.3) is 0 Å². The number of carbonyl (C=O) groups excluding carboxylic acids is 2. The molecule has 1 aliphatic carbocycles. The van der Waals surface area contributed by atoms with Gasteiger partial charge in [0.05, 0.1) is 36.0 Å². The van der Waals surface area contributed by atoms with Crippen molar-refractivity contribution in [1.29, 1.82) is 0 Å². The fourth-order valence-corrected chi connectivity index (χ4v) is 5.91. The first kappa shape index (κ1) is 28.6. The number of hydrogen-bond donors (Lipinski definition) is 2. The second kappa shape index (κ2) is 11.0. The summed E-state index contributed by atoms with van der Waals surface area (Å²) in [5, 5.41) is 13.6. The molecule has 2 aromatic rings. The van der Waals surface area contributed by atoms with Crippen LogP contribution in [0.2, 0.25) is 0 Å². The fourth-order valence-electron chi connectivity index (χ4n) is 5.91. The molecule has 0 bridgehead atoms. The van der Waals surface area contributed by atoms with E-state index in [2.05, 4.69) is 38.2 Å². The highest BCUT2D eigenvalue weighted by atomic mass is 19.1. The van der Waals surface area contributed by atoms with E-state index >= 15 is 4.39 Å². The normalized spacial score (nSPS) is 19.6. The van der Waals surface area contributed by atoms with Crippen LogP contribution in [0.3, 0.4) is 0 Å². The molecule has 0 saturated carbocycles. The van der Waals surface area contributed by atoms with E-state index in [9.17, 15) is 14.7 Å². The number of benzene rings is 2. The molecule has 2 N–H and O–H groups in total. The number of ether oxygens (including phenoxy) is 2. The molecule has 4 rings (SSSR count). The molecular weight excluding hydrogens is 497 g/mol. The van der Waals surface area contributed by atoms with Gasteiger partial charge in [-0.1, -0.05) is 17.7 Å². The molecule has 2 unspecified atom stereocenters. The van der Waals surface area contributed by atoms with Crippen LogP contribution in [-0.4, -0.2) is 35.7 Å². The molecule has 2 atom stereocenters. The van der Waals surface area contributed by atoms with E-state index in [0.29, 0.717) is 23.4 Å². The number of allylic oxidation sites excluding steroid dienone is 2. The van der Waals surface area contributed by atoms with Crippen LogP contribution in [0.25, 0.3) is 0 Å². The number of nitrogens with one attached hydrogen (secondary N) is 1. The minimum atomic E-state index is -1.04. The summed E-state index contributed by atoms with van der Waals surface area (Å²) in [5.41, 5.74) is 5.61. The summed E-state index contributed by atoms with van der Waals surface area (Å²) in [6, 6.07) is 7.92. The molecule has 6 nitrogen and oxygen atoms in total. The Bertz CT molecular complexity index is 1360. The van der Waals surface area contributed by atoms with Crippen molar-refractivity contribution in [3.63, 3.8) is 0 Å². The van der Waals surface area contributed by atoms with Gasteiger partial charge in [-0.15, -0.1) is 0 Å². The molecule has 208 valence electrons. The van der Waals surface area contributed by atoms with Gasteiger partial charge >= 0.3 is 5.97 Å². The average Bonchev–Trinajstić information content (AvgIpc) is 2.82. The Morgan fingerprint density at radius 3 is 2.38 bits per heavy atom. The minimum Gasteiger partial charge on any atom is -0.508 e. The van der Waals surface area contributed by atoms with E-state index in [4.69, 9.17) is 9.47 Å². The largest absolute Gasteiger partial charge is 0.508 e. The van der Waals surface area contributed by atoms with Crippen molar-refractivity contribution < 1.29 is 28.6 Å². The van der Waals surface area contributed by atoms with E-state index in [-0.39, 0.29) is 48.2 Å². The van der Waals surface area contributed by atoms with Crippen LogP contribution < -0.4 is 5.32 Å². The third-order valence-corrected chi connectivity index (χ3v) is 7.29. The van der Waals surface area contributed by atoms with Crippen molar-refractivity contribution in [3.05, 3.63) is 86.5 Å². The number of Topliss-reactive ketones (excluding diaryl/α,β-unsaturated/α-hetero) is 1. The Hall–Kier alpha value is -3.45. The zero-order valence-corrected chi connectivity index (χ0v) is 23.8. The predicted molar refractivity (Wildman–Crippen MR) is 148 cm³/mol. The maximum atomic E-state index is 15.4. The third kappa shape index (κ3) is 5.93. The van der Waals surface area contributed by atoms with Crippen LogP contribution in [-0.2, 0) is 19.1 Å². The van der Waals surface area contributed by atoms with Gasteiger partial charge in [-0.05, 0) is 95.7 Å². The maximum absolute atomic E-state index is 15.4. The van der Waals surface area contributed by atoms with Gasteiger partial charge in [-0.25, -0.2) is 9.18 Å². The highest BCUT2D eigenvalue weighted by molar-refractivity contribution is 6.04. The highest BCUT2D eigenvalue weighted by Crippen LogP contribution is 2.47. The number of phenols is 1. The van der Waals surface area contributed by atoms with Crippen molar-refractivity contribution >= 4 is 11.8 Å². The Balaban J connectivity index is 1.91. The summed E-state index contributed by atoms with van der Waals surface area (Å²) in [6.45, 7) is 13.7. The first-order valence-electron chi connectivity index (χ1n) is 13.4. The second-order valence-corrected chi connectivity index (χ2v) is 11.5. The van der Waals surface area contributed by atoms with Gasteiger partial charge in [-0.3, -0.25) is 4.79 Å². The van der Waals surface area contributed by atoms with Gasteiger partial charge in [0.2, 0.25) is 0 Å². The first-order chi connectivity index (χ1) is 18.3. The van der Waals surface area contributed by atoms with Crippen molar-refractivity contribution in [1.82, 2.24) is 5.32 Å². The van der Waals surface area contributed by atoms with Gasteiger partial charge < -0.3 is 19.9 Å². The first-order valence-corrected chi connectivity index (χ1v) is 13.4. The lowest BCUT2D eigenvalue weighted by Gasteiger charge is -2.38. The van der Waals surface area contributed by atoms with E-state index < -0.39 is 23.3 Å². The molecule has 0 saturated heterocycles. The highest BCUT2D eigenvalue weighted by Gasteiger charge is 2.43. The lowest BCUT2D eigenvalue weighted by molar-refractivity contribution is -0.139. The Kier molecular flexibility index (Phi) is 8.03. The number of esters is 1. The van der Waals surface area contributed by atoms with Crippen LogP contribution >= 0.6 is 0 Å². The zero-order chi connectivity index (χ0) is 28.6. The van der Waals surface area contributed by atoms with Gasteiger partial charge in [0, 0.05) is 23.3 Å². The summed E-state index contributed by atoms with van der Waals surface area (Å²) >= 11 is 0. The number of halogens is 1. The minimum absolute atomic E-state index is 0.0345. The van der Waals surface area contributed by atoms with E-state index in [1.165, 1.54) is 12.1 Å². The summed E-state index contributed by atoms with van der Waals surface area (Å²) in [6.07, 6.45) is 0.740. The lowest BCUT2D eigenvalue weighted by Crippen LogP contribution is -2.39. The molecule has 0 amide bonds. The molecule has 2 aromatic carbocycles. The number of aryl methyl sites for hydroxylation is 3. The van der Waals surface area contributed by atoms with Gasteiger partial charge in [0.1, 0.15) is 11.6 Å². The van der Waals surface area contributed by atoms with Gasteiger partial charge in [-0.2, -0.15) is 0 Å². The van der Waals surface area contributed by atoms with E-state index in [1.807, 2.05) is 20.8 Å².